The van der Waals surface area contributed by atoms with Gasteiger partial charge in [0, 0.05) is 13.6 Å². The van der Waals surface area contributed by atoms with E-state index in [2.05, 4.69) is 20.3 Å². The van der Waals surface area contributed by atoms with Gasteiger partial charge in [0.05, 0.1) is 11.9 Å². The zero-order valence-corrected chi connectivity index (χ0v) is 13.6. The van der Waals surface area contributed by atoms with E-state index in [1.165, 1.54) is 12.1 Å². The van der Waals surface area contributed by atoms with Gasteiger partial charge in [-0.2, -0.15) is 0 Å². The van der Waals surface area contributed by atoms with Crippen LogP contribution in [0.5, 0.6) is 0 Å². The molecule has 1 aliphatic heterocycles. The number of nitrogens with one attached hydrogen (secondary N) is 2. The Morgan fingerprint density at radius 1 is 1.24 bits per heavy atom. The van der Waals surface area contributed by atoms with E-state index in [1.807, 2.05) is 18.0 Å². The molecule has 2 aromatic heterocycles. The van der Waals surface area contributed by atoms with Crippen molar-refractivity contribution in [2.45, 2.75) is 6.42 Å². The number of benzene rings is 1. The van der Waals surface area contributed by atoms with Gasteiger partial charge in [0.15, 0.2) is 0 Å². The van der Waals surface area contributed by atoms with Crippen LogP contribution in [0.15, 0.2) is 42.6 Å². The molecular weight excluding hydrogens is 321 g/mol. The van der Waals surface area contributed by atoms with Gasteiger partial charge in [0.1, 0.15) is 17.3 Å². The number of anilines is 2. The number of imidazole rings is 1. The lowest BCUT2D eigenvalue weighted by atomic mass is 10.2. The summed E-state index contributed by atoms with van der Waals surface area (Å²) in [6.07, 6.45) is 2.53. The van der Waals surface area contributed by atoms with Crippen LogP contribution in [-0.2, 0) is 6.42 Å². The fourth-order valence-electron chi connectivity index (χ4n) is 2.86. The summed E-state index contributed by atoms with van der Waals surface area (Å²) in [5.74, 6) is 0.534. The second-order valence-corrected chi connectivity index (χ2v) is 5.96. The summed E-state index contributed by atoms with van der Waals surface area (Å²) in [5, 5.41) is 2.71. The van der Waals surface area contributed by atoms with Crippen molar-refractivity contribution in [3.8, 4) is 11.3 Å². The molecule has 0 atom stereocenters. The van der Waals surface area contributed by atoms with Crippen LogP contribution in [0.1, 0.15) is 16.1 Å². The first-order valence-electron chi connectivity index (χ1n) is 7.93. The molecule has 25 heavy (non-hydrogen) atoms. The van der Waals surface area contributed by atoms with Gasteiger partial charge in [-0.25, -0.2) is 14.4 Å². The molecular formula is C18H16FN5O. The number of likely N-dealkylation sites (N-methyl/N-ethyl adjacent to an activating group) is 1. The number of carbonyl (C=O) groups excluding carboxylic acids is 1. The smallest absolute Gasteiger partial charge is 0.276 e. The number of nitrogens with zero attached hydrogens (tertiary/aromatic N) is 3. The lowest BCUT2D eigenvalue weighted by Gasteiger charge is -2.11. The van der Waals surface area contributed by atoms with Gasteiger partial charge in [-0.15, -0.1) is 0 Å². The van der Waals surface area contributed by atoms with Crippen LogP contribution >= 0.6 is 0 Å². The highest BCUT2D eigenvalue weighted by Crippen LogP contribution is 2.24. The lowest BCUT2D eigenvalue weighted by Crippen LogP contribution is -2.18. The predicted octanol–water partition coefficient (Wildman–Crippen LogP) is 2.86. The molecule has 0 saturated heterocycles. The largest absolute Gasteiger partial charge is 0.359 e. The molecule has 0 aliphatic carbocycles. The first-order chi connectivity index (χ1) is 12.1. The van der Waals surface area contributed by atoms with Crippen LogP contribution < -0.4 is 10.2 Å². The first-order valence-corrected chi connectivity index (χ1v) is 7.93. The van der Waals surface area contributed by atoms with Gasteiger partial charge >= 0.3 is 0 Å². The number of amides is 1. The van der Waals surface area contributed by atoms with Crippen molar-refractivity contribution < 1.29 is 9.18 Å². The normalized spacial score (nSPS) is 13.0. The molecule has 1 amide bonds. The van der Waals surface area contributed by atoms with Crippen LogP contribution in [0.2, 0.25) is 0 Å². The fourth-order valence-corrected chi connectivity index (χ4v) is 2.86. The molecule has 0 unspecified atom stereocenters. The van der Waals surface area contributed by atoms with Crippen molar-refractivity contribution in [3.05, 3.63) is 59.7 Å². The van der Waals surface area contributed by atoms with Crippen LogP contribution in [0.3, 0.4) is 0 Å². The van der Waals surface area contributed by atoms with Gasteiger partial charge in [-0.05, 0) is 47.9 Å². The predicted molar refractivity (Wildman–Crippen MR) is 93.1 cm³/mol. The summed E-state index contributed by atoms with van der Waals surface area (Å²) in [6, 6.07) is 9.70. The Morgan fingerprint density at radius 3 is 2.84 bits per heavy atom. The Bertz CT molecular complexity index is 935. The van der Waals surface area contributed by atoms with E-state index in [0.717, 1.165) is 29.9 Å². The topological polar surface area (TPSA) is 73.9 Å². The summed E-state index contributed by atoms with van der Waals surface area (Å²) in [4.78, 5) is 26.0. The zero-order valence-electron chi connectivity index (χ0n) is 13.6. The van der Waals surface area contributed by atoms with Gasteiger partial charge < -0.3 is 9.88 Å². The minimum Gasteiger partial charge on any atom is -0.359 e. The lowest BCUT2D eigenvalue weighted by molar-refractivity contribution is 0.102. The highest BCUT2D eigenvalue weighted by atomic mass is 19.1. The molecule has 4 rings (SSSR count). The number of aromatic nitrogens is 3. The second kappa shape index (κ2) is 6.01. The van der Waals surface area contributed by atoms with E-state index in [0.29, 0.717) is 17.3 Å². The molecule has 0 bridgehead atoms. The molecule has 6 nitrogen and oxygen atoms in total. The van der Waals surface area contributed by atoms with Gasteiger partial charge in [-0.1, -0.05) is 6.07 Å². The number of halogens is 1. The highest BCUT2D eigenvalue weighted by Gasteiger charge is 2.20. The van der Waals surface area contributed by atoms with E-state index < -0.39 is 0 Å². The Kier molecular flexibility index (Phi) is 3.68. The average molecular weight is 337 g/mol. The molecule has 0 fully saturated rings. The molecule has 3 aromatic rings. The summed E-state index contributed by atoms with van der Waals surface area (Å²) >= 11 is 0. The molecule has 1 aliphatic rings. The van der Waals surface area contributed by atoms with Crippen molar-refractivity contribution in [1.29, 1.82) is 0 Å². The molecule has 126 valence electrons. The third-order valence-electron chi connectivity index (χ3n) is 4.23. The fraction of sp³-hybridized carbons (Fsp3) is 0.167. The van der Waals surface area contributed by atoms with E-state index in [4.69, 9.17) is 0 Å². The maximum atomic E-state index is 13.0. The second-order valence-electron chi connectivity index (χ2n) is 5.96. The quantitative estimate of drug-likeness (QED) is 0.771. The number of aromatic amines is 1. The van der Waals surface area contributed by atoms with Crippen molar-refractivity contribution in [3.63, 3.8) is 0 Å². The van der Waals surface area contributed by atoms with Gasteiger partial charge in [-0.3, -0.25) is 10.1 Å². The Labute approximate surface area is 143 Å². The van der Waals surface area contributed by atoms with E-state index in [1.54, 1.807) is 24.4 Å². The summed E-state index contributed by atoms with van der Waals surface area (Å²) in [5.41, 5.74) is 2.96. The maximum Gasteiger partial charge on any atom is 0.276 e. The SMILES string of the molecule is CN1CCc2ccc(C(=O)Nc3ncc(-c4ccc(F)cc4)[nH]3)nc21. The van der Waals surface area contributed by atoms with Crippen LogP contribution in [-0.4, -0.2) is 34.5 Å². The third-order valence-corrected chi connectivity index (χ3v) is 4.23. The number of H-pyrrole nitrogens is 1. The van der Waals surface area contributed by atoms with E-state index >= 15 is 0 Å². The number of pyridine rings is 1. The molecule has 0 radical (unpaired) electrons. The minimum absolute atomic E-state index is 0.301. The number of hydrogen-bond donors (Lipinski definition) is 2. The Balaban J connectivity index is 1.52. The Morgan fingerprint density at radius 2 is 2.04 bits per heavy atom. The van der Waals surface area contributed by atoms with Crippen molar-refractivity contribution >= 4 is 17.7 Å². The van der Waals surface area contributed by atoms with E-state index in [9.17, 15) is 9.18 Å². The van der Waals surface area contributed by atoms with Crippen molar-refractivity contribution in [2.75, 3.05) is 23.8 Å². The average Bonchev–Trinajstić information content (AvgIpc) is 3.22. The monoisotopic (exact) mass is 337 g/mol. The molecule has 3 heterocycles. The van der Waals surface area contributed by atoms with Crippen LogP contribution in [0.4, 0.5) is 16.2 Å². The molecule has 2 N–H and O–H groups in total. The summed E-state index contributed by atoms with van der Waals surface area (Å²) < 4.78 is 13.0. The molecule has 1 aromatic carbocycles. The number of hydrogen-bond acceptors (Lipinski definition) is 4. The zero-order chi connectivity index (χ0) is 17.4. The number of carbonyl (C=O) groups is 1. The van der Waals surface area contributed by atoms with E-state index in [-0.39, 0.29) is 11.7 Å². The molecule has 0 saturated carbocycles. The standard InChI is InChI=1S/C18H16FN5O/c1-24-9-8-12-4-7-14(21-16(12)24)17(25)23-18-20-10-15(22-18)11-2-5-13(19)6-3-11/h2-7,10H,8-9H2,1H3,(H2,20,22,23,25). The summed E-state index contributed by atoms with van der Waals surface area (Å²) in [6.45, 7) is 0.909. The summed E-state index contributed by atoms with van der Waals surface area (Å²) in [7, 11) is 1.96. The first kappa shape index (κ1) is 15.3. The molecule has 7 heteroatoms. The minimum atomic E-state index is -0.330. The van der Waals surface area contributed by atoms with Gasteiger partial charge in [0.2, 0.25) is 5.95 Å². The van der Waals surface area contributed by atoms with Crippen LogP contribution in [0.25, 0.3) is 11.3 Å². The number of fused-ring (bicyclic) bond motifs is 1. The highest BCUT2D eigenvalue weighted by molar-refractivity contribution is 6.02. The Hall–Kier alpha value is -3.22. The maximum absolute atomic E-state index is 13.0. The van der Waals surface area contributed by atoms with Crippen molar-refractivity contribution in [1.82, 2.24) is 15.0 Å². The van der Waals surface area contributed by atoms with Gasteiger partial charge in [0.25, 0.3) is 5.91 Å². The van der Waals surface area contributed by atoms with Crippen molar-refractivity contribution in [2.24, 2.45) is 0 Å². The molecule has 0 spiro atoms. The van der Waals surface area contributed by atoms with Crippen LogP contribution in [0, 0.1) is 5.82 Å². The third kappa shape index (κ3) is 2.96. The number of rotatable bonds is 3.